The summed E-state index contributed by atoms with van der Waals surface area (Å²) in [5.41, 5.74) is -1.67. The highest BCUT2D eigenvalue weighted by molar-refractivity contribution is 6.34. The lowest BCUT2D eigenvalue weighted by Gasteiger charge is -2.19. The Bertz CT molecular complexity index is 540. The number of amides is 1. The van der Waals surface area contributed by atoms with Gasteiger partial charge in [-0.25, -0.2) is 5.01 Å². The van der Waals surface area contributed by atoms with E-state index in [2.05, 4.69) is 18.4 Å². The number of alkyl halides is 3. The maximum Gasteiger partial charge on any atom is 0.417 e. The number of nitrogens with zero attached hydrogens (tertiary/aromatic N) is 2. The van der Waals surface area contributed by atoms with Gasteiger partial charge in [-0.1, -0.05) is 24.2 Å². The first kappa shape index (κ1) is 15.2. The highest BCUT2D eigenvalue weighted by Crippen LogP contribution is 2.35. The summed E-state index contributed by atoms with van der Waals surface area (Å²) < 4.78 is 38.6. The van der Waals surface area contributed by atoms with Gasteiger partial charge in [-0.2, -0.15) is 18.3 Å². The molecule has 0 aliphatic carbocycles. The number of rotatable bonds is 3. The van der Waals surface area contributed by atoms with Crippen molar-refractivity contribution in [3.8, 4) is 0 Å². The minimum absolute atomic E-state index is 0.132. The van der Waals surface area contributed by atoms with Crippen LogP contribution in [0.2, 0.25) is 5.02 Å². The average molecular weight is 291 g/mol. The molecule has 19 heavy (non-hydrogen) atoms. The Morgan fingerprint density at radius 2 is 2.00 bits per heavy atom. The summed E-state index contributed by atoms with van der Waals surface area (Å²) in [6.45, 7) is 7.98. The predicted molar refractivity (Wildman–Crippen MR) is 67.0 cm³/mol. The zero-order valence-corrected chi connectivity index (χ0v) is 10.7. The Hall–Kier alpha value is -1.82. The van der Waals surface area contributed by atoms with Crippen LogP contribution in [0, 0.1) is 0 Å². The number of benzene rings is 1. The second-order valence-electron chi connectivity index (χ2n) is 3.65. The third-order valence-electron chi connectivity index (χ3n) is 2.23. The van der Waals surface area contributed by atoms with Crippen LogP contribution in [0.5, 0.6) is 0 Å². The molecule has 1 aromatic rings. The van der Waals surface area contributed by atoms with E-state index in [4.69, 9.17) is 11.6 Å². The largest absolute Gasteiger partial charge is 0.417 e. The molecule has 7 heteroatoms. The SMILES string of the molecule is C=NN(C(=C)C)C(=O)c1c(Cl)cccc1C(F)(F)F. The van der Waals surface area contributed by atoms with Crippen LogP contribution >= 0.6 is 11.6 Å². The number of allylic oxidation sites excluding steroid dienone is 1. The van der Waals surface area contributed by atoms with Gasteiger partial charge in [0, 0.05) is 12.4 Å². The molecule has 0 bridgehead atoms. The van der Waals surface area contributed by atoms with Crippen LogP contribution in [0.1, 0.15) is 22.8 Å². The topological polar surface area (TPSA) is 32.7 Å². The quantitative estimate of drug-likeness (QED) is 0.613. The summed E-state index contributed by atoms with van der Waals surface area (Å²) >= 11 is 5.70. The van der Waals surface area contributed by atoms with Crippen molar-refractivity contribution in [2.75, 3.05) is 0 Å². The summed E-state index contributed by atoms with van der Waals surface area (Å²) in [7, 11) is 0. The second kappa shape index (κ2) is 5.44. The molecule has 0 aliphatic heterocycles. The van der Waals surface area contributed by atoms with Gasteiger partial charge >= 0.3 is 6.18 Å². The Morgan fingerprint density at radius 3 is 2.42 bits per heavy atom. The maximum absolute atomic E-state index is 12.9. The van der Waals surface area contributed by atoms with Crippen LogP contribution in [0.15, 0.2) is 35.6 Å². The Morgan fingerprint density at radius 1 is 1.42 bits per heavy atom. The fourth-order valence-corrected chi connectivity index (χ4v) is 1.70. The first-order chi connectivity index (χ1) is 8.70. The van der Waals surface area contributed by atoms with Crippen LogP contribution in [0.3, 0.4) is 0 Å². The van der Waals surface area contributed by atoms with Crippen molar-refractivity contribution < 1.29 is 18.0 Å². The van der Waals surface area contributed by atoms with Gasteiger partial charge in [0.1, 0.15) is 0 Å². The molecule has 1 amide bonds. The minimum atomic E-state index is -4.70. The molecular formula is C12H10ClF3N2O. The number of hydrogen-bond acceptors (Lipinski definition) is 2. The summed E-state index contributed by atoms with van der Waals surface area (Å²) in [6, 6.07) is 3.09. The van der Waals surface area contributed by atoms with Crippen molar-refractivity contribution >= 4 is 24.2 Å². The van der Waals surface area contributed by atoms with Crippen LogP contribution in [-0.4, -0.2) is 17.6 Å². The van der Waals surface area contributed by atoms with E-state index in [1.165, 1.54) is 13.0 Å². The van der Waals surface area contributed by atoms with E-state index in [-0.39, 0.29) is 10.7 Å². The lowest BCUT2D eigenvalue weighted by Crippen LogP contribution is -2.26. The normalized spacial score (nSPS) is 11.0. The molecule has 0 aromatic heterocycles. The first-order valence-corrected chi connectivity index (χ1v) is 5.40. The summed E-state index contributed by atoms with van der Waals surface area (Å²) in [5, 5.41) is 3.69. The van der Waals surface area contributed by atoms with E-state index >= 15 is 0 Å². The van der Waals surface area contributed by atoms with E-state index in [1.807, 2.05) is 0 Å². The monoisotopic (exact) mass is 290 g/mol. The fraction of sp³-hybridized carbons (Fsp3) is 0.167. The summed E-state index contributed by atoms with van der Waals surface area (Å²) in [5.74, 6) is -1.03. The Balaban J connectivity index is 3.46. The average Bonchev–Trinajstić information content (AvgIpc) is 2.27. The standard InChI is InChI=1S/C12H10ClF3N2O/c1-7(2)18(17-3)11(19)10-8(12(14,15)16)5-4-6-9(10)13/h4-6H,1,3H2,2H3. The molecule has 0 heterocycles. The summed E-state index contributed by atoms with van der Waals surface area (Å²) in [4.78, 5) is 12.1. The smallest absolute Gasteiger partial charge is 0.267 e. The van der Waals surface area contributed by atoms with Crippen molar-refractivity contribution in [2.45, 2.75) is 13.1 Å². The zero-order valence-electron chi connectivity index (χ0n) is 9.96. The van der Waals surface area contributed by atoms with Crippen molar-refractivity contribution in [3.05, 3.63) is 46.6 Å². The predicted octanol–water partition coefficient (Wildman–Crippen LogP) is 3.95. The van der Waals surface area contributed by atoms with Crippen molar-refractivity contribution in [1.82, 2.24) is 5.01 Å². The van der Waals surface area contributed by atoms with Crippen molar-refractivity contribution in [1.29, 1.82) is 0 Å². The van der Waals surface area contributed by atoms with Gasteiger partial charge < -0.3 is 0 Å². The van der Waals surface area contributed by atoms with E-state index in [0.717, 1.165) is 12.1 Å². The number of carbonyl (C=O) groups is 1. The zero-order chi connectivity index (χ0) is 14.8. The van der Waals surface area contributed by atoms with Crippen LogP contribution < -0.4 is 0 Å². The molecule has 0 radical (unpaired) electrons. The Kier molecular flexibility index (Phi) is 4.36. The first-order valence-electron chi connectivity index (χ1n) is 5.02. The molecule has 0 unspecified atom stereocenters. The number of carbonyl (C=O) groups excluding carboxylic acids is 1. The molecular weight excluding hydrogens is 281 g/mol. The highest BCUT2D eigenvalue weighted by atomic mass is 35.5. The van der Waals surface area contributed by atoms with Crippen molar-refractivity contribution in [2.24, 2.45) is 5.10 Å². The van der Waals surface area contributed by atoms with E-state index in [1.54, 1.807) is 0 Å². The van der Waals surface area contributed by atoms with Crippen LogP contribution in [0.25, 0.3) is 0 Å². The van der Waals surface area contributed by atoms with Gasteiger partial charge in [-0.15, -0.1) is 0 Å². The van der Waals surface area contributed by atoms with Crippen LogP contribution in [-0.2, 0) is 6.18 Å². The van der Waals surface area contributed by atoms with E-state index < -0.39 is 23.2 Å². The molecule has 1 aromatic carbocycles. The third-order valence-corrected chi connectivity index (χ3v) is 2.54. The van der Waals surface area contributed by atoms with Crippen molar-refractivity contribution in [3.63, 3.8) is 0 Å². The second-order valence-corrected chi connectivity index (χ2v) is 4.06. The third kappa shape index (κ3) is 3.14. The fourth-order valence-electron chi connectivity index (χ4n) is 1.44. The molecule has 0 saturated heterocycles. The summed E-state index contributed by atoms with van der Waals surface area (Å²) in [6.07, 6.45) is -4.70. The van der Waals surface area contributed by atoms with Gasteiger partial charge in [-0.05, 0) is 19.1 Å². The molecule has 0 atom stereocenters. The molecule has 0 N–H and O–H groups in total. The highest BCUT2D eigenvalue weighted by Gasteiger charge is 2.37. The number of halogens is 4. The number of hydrazone groups is 1. The molecule has 3 nitrogen and oxygen atoms in total. The minimum Gasteiger partial charge on any atom is -0.267 e. The maximum atomic E-state index is 12.9. The van der Waals surface area contributed by atoms with Gasteiger partial charge in [0.2, 0.25) is 0 Å². The van der Waals surface area contributed by atoms with E-state index in [9.17, 15) is 18.0 Å². The number of hydrogen-bond donors (Lipinski definition) is 0. The molecule has 0 aliphatic rings. The van der Waals surface area contributed by atoms with Gasteiger partial charge in [0.05, 0.1) is 16.1 Å². The van der Waals surface area contributed by atoms with Gasteiger partial charge in [0.25, 0.3) is 5.91 Å². The lowest BCUT2D eigenvalue weighted by atomic mass is 10.1. The Labute approximate surface area is 113 Å². The molecule has 0 spiro atoms. The molecule has 1 rings (SSSR count). The molecule has 102 valence electrons. The van der Waals surface area contributed by atoms with Gasteiger partial charge in [-0.3, -0.25) is 4.79 Å². The molecule has 0 fully saturated rings. The molecule has 0 saturated carbocycles. The van der Waals surface area contributed by atoms with Crippen LogP contribution in [0.4, 0.5) is 13.2 Å². The van der Waals surface area contributed by atoms with E-state index in [0.29, 0.717) is 5.01 Å². The lowest BCUT2D eigenvalue weighted by molar-refractivity contribution is -0.138. The van der Waals surface area contributed by atoms with Gasteiger partial charge in [0.15, 0.2) is 0 Å².